The Bertz CT molecular complexity index is 1140. The van der Waals surface area contributed by atoms with E-state index in [1.54, 1.807) is 11.9 Å². The molecule has 2 atom stereocenters. The zero-order chi connectivity index (χ0) is 23.8. The number of imide groups is 1. The van der Waals surface area contributed by atoms with Gasteiger partial charge in [0, 0.05) is 31.1 Å². The summed E-state index contributed by atoms with van der Waals surface area (Å²) in [4.78, 5) is 38.2. The number of ether oxygens (including phenoxy) is 1. The van der Waals surface area contributed by atoms with Crippen molar-refractivity contribution >= 4 is 29.3 Å². The summed E-state index contributed by atoms with van der Waals surface area (Å²) in [7, 11) is 1.70. The molecule has 1 fully saturated rings. The van der Waals surface area contributed by atoms with Crippen LogP contribution in [0.4, 0.5) is 10.5 Å². The molecule has 3 aliphatic heterocycles. The molecule has 0 radical (unpaired) electrons. The van der Waals surface area contributed by atoms with Gasteiger partial charge in [-0.15, -0.1) is 0 Å². The number of urea groups is 1. The minimum absolute atomic E-state index is 0.222. The highest BCUT2D eigenvalue weighted by atomic mass is 16.5. The lowest BCUT2D eigenvalue weighted by molar-refractivity contribution is -0.137. The van der Waals surface area contributed by atoms with E-state index >= 15 is 0 Å². The third-order valence-corrected chi connectivity index (χ3v) is 6.55. The van der Waals surface area contributed by atoms with Crippen LogP contribution in [0, 0.1) is 0 Å². The second-order valence-electron chi connectivity index (χ2n) is 8.51. The summed E-state index contributed by atoms with van der Waals surface area (Å²) in [6.07, 6.45) is 2.36. The lowest BCUT2D eigenvalue weighted by atomic mass is 10.1. The Morgan fingerprint density at radius 1 is 1.00 bits per heavy atom. The molecule has 1 saturated heterocycles. The molecule has 3 amide bonds. The van der Waals surface area contributed by atoms with Crippen LogP contribution >= 0.6 is 0 Å². The maximum absolute atomic E-state index is 13.5. The van der Waals surface area contributed by atoms with Gasteiger partial charge < -0.3 is 9.64 Å². The van der Waals surface area contributed by atoms with Crippen LogP contribution in [0.2, 0.25) is 0 Å². The van der Waals surface area contributed by atoms with Gasteiger partial charge in [-0.25, -0.2) is 9.79 Å². The van der Waals surface area contributed by atoms with Crippen LogP contribution in [0.1, 0.15) is 25.0 Å². The predicted molar refractivity (Wildman–Crippen MR) is 131 cm³/mol. The number of benzene rings is 2. The van der Waals surface area contributed by atoms with Crippen LogP contribution in [0.3, 0.4) is 0 Å². The monoisotopic (exact) mass is 459 g/mol. The van der Waals surface area contributed by atoms with Gasteiger partial charge in [0.2, 0.25) is 5.96 Å². The number of rotatable bonds is 7. The number of likely N-dealkylation sites (N-methyl/N-ethyl adjacent to an activating group) is 1. The van der Waals surface area contributed by atoms with Crippen LogP contribution in [-0.4, -0.2) is 71.6 Å². The van der Waals surface area contributed by atoms with Gasteiger partial charge in [0.1, 0.15) is 0 Å². The van der Waals surface area contributed by atoms with Gasteiger partial charge in [0.05, 0.1) is 18.8 Å². The fourth-order valence-electron chi connectivity index (χ4n) is 4.69. The van der Waals surface area contributed by atoms with E-state index in [0.29, 0.717) is 19.2 Å². The lowest BCUT2D eigenvalue weighted by Gasteiger charge is -2.40. The van der Waals surface area contributed by atoms with E-state index in [-0.39, 0.29) is 18.5 Å². The summed E-state index contributed by atoms with van der Waals surface area (Å²) in [5.41, 5.74) is 4.17. The molecule has 8 heteroatoms. The number of guanidine groups is 1. The van der Waals surface area contributed by atoms with Gasteiger partial charge in [-0.3, -0.25) is 19.5 Å². The highest BCUT2D eigenvalue weighted by Gasteiger charge is 2.54. The van der Waals surface area contributed by atoms with E-state index in [0.717, 1.165) is 23.4 Å². The summed E-state index contributed by atoms with van der Waals surface area (Å²) in [6, 6.07) is 17.5. The van der Waals surface area contributed by atoms with Gasteiger partial charge in [0.15, 0.2) is 12.2 Å². The summed E-state index contributed by atoms with van der Waals surface area (Å²) in [6.45, 7) is 5.09. The number of hydrogen-bond donors (Lipinski definition) is 0. The van der Waals surface area contributed by atoms with Crippen molar-refractivity contribution in [3.63, 3.8) is 0 Å². The number of fused-ring (bicyclic) bond motifs is 3. The Morgan fingerprint density at radius 2 is 1.74 bits per heavy atom. The molecule has 176 valence electrons. The molecule has 3 heterocycles. The van der Waals surface area contributed by atoms with Crippen molar-refractivity contribution in [3.8, 4) is 0 Å². The molecule has 0 bridgehead atoms. The van der Waals surface area contributed by atoms with Crippen molar-refractivity contribution in [1.29, 1.82) is 0 Å². The zero-order valence-electron chi connectivity index (χ0n) is 19.7. The molecule has 3 aliphatic rings. The molecule has 5 rings (SSSR count). The second kappa shape index (κ2) is 8.95. The van der Waals surface area contributed by atoms with Crippen molar-refractivity contribution in [2.24, 2.45) is 4.99 Å². The number of amides is 3. The molecule has 2 aromatic carbocycles. The molecule has 34 heavy (non-hydrogen) atoms. The van der Waals surface area contributed by atoms with Crippen molar-refractivity contribution in [1.82, 2.24) is 14.7 Å². The molecule has 0 saturated carbocycles. The first-order valence-corrected chi connectivity index (χ1v) is 11.7. The highest BCUT2D eigenvalue weighted by molar-refractivity contribution is 6.16. The number of nitrogens with zero attached hydrogens (tertiary/aromatic N) is 5. The summed E-state index contributed by atoms with van der Waals surface area (Å²) < 4.78 is 5.41. The van der Waals surface area contributed by atoms with E-state index in [9.17, 15) is 9.59 Å². The van der Waals surface area contributed by atoms with E-state index in [1.807, 2.05) is 48.4 Å². The maximum atomic E-state index is 13.5. The van der Waals surface area contributed by atoms with Crippen molar-refractivity contribution in [2.75, 3.05) is 31.7 Å². The smallest absolute Gasteiger partial charge is 0.328 e. The van der Waals surface area contributed by atoms with Crippen LogP contribution in [0.25, 0.3) is 5.70 Å². The zero-order valence-corrected chi connectivity index (χ0v) is 19.7. The van der Waals surface area contributed by atoms with Gasteiger partial charge in [0.25, 0.3) is 5.91 Å². The minimum atomic E-state index is -0.613. The Labute approximate surface area is 199 Å². The van der Waals surface area contributed by atoms with Crippen molar-refractivity contribution in [3.05, 3.63) is 71.9 Å². The number of aryl methyl sites for hydroxylation is 1. The molecule has 0 aliphatic carbocycles. The molecule has 2 aromatic rings. The van der Waals surface area contributed by atoms with E-state index in [4.69, 9.17) is 9.73 Å². The average molecular weight is 460 g/mol. The predicted octanol–water partition coefficient (Wildman–Crippen LogP) is 3.36. The first kappa shape index (κ1) is 22.2. The number of hydrogen-bond acceptors (Lipinski definition) is 6. The Hall–Kier alpha value is -3.65. The van der Waals surface area contributed by atoms with Crippen molar-refractivity contribution < 1.29 is 14.3 Å². The summed E-state index contributed by atoms with van der Waals surface area (Å²) in [5, 5.41) is 0. The SMILES string of the molecule is CCOCCN1C(=O)C2C(N=C3N(c4ccc(CC)cc4)C(c4ccccc4)=CN32)N(C)C1=O. The third kappa shape index (κ3) is 3.54. The Balaban J connectivity index is 1.54. The van der Waals surface area contributed by atoms with E-state index in [1.165, 1.54) is 10.5 Å². The molecular formula is C26H29N5O3. The first-order chi connectivity index (χ1) is 16.5. The number of aliphatic imine (C=N–C) groups is 1. The van der Waals surface area contributed by atoms with Crippen LogP contribution in [-0.2, 0) is 16.0 Å². The fourth-order valence-corrected chi connectivity index (χ4v) is 4.69. The third-order valence-electron chi connectivity index (χ3n) is 6.55. The largest absolute Gasteiger partial charge is 0.380 e. The van der Waals surface area contributed by atoms with E-state index < -0.39 is 12.2 Å². The lowest BCUT2D eigenvalue weighted by Crippen LogP contribution is -2.64. The van der Waals surface area contributed by atoms with Gasteiger partial charge in [-0.1, -0.05) is 49.4 Å². The van der Waals surface area contributed by atoms with Gasteiger partial charge in [-0.2, -0.15) is 0 Å². The van der Waals surface area contributed by atoms with Crippen LogP contribution in [0.5, 0.6) is 0 Å². The number of carbonyl (C=O) groups excluding carboxylic acids is 2. The summed E-state index contributed by atoms with van der Waals surface area (Å²) in [5.74, 6) is 0.399. The minimum Gasteiger partial charge on any atom is -0.380 e. The molecular weight excluding hydrogens is 430 g/mol. The Kier molecular flexibility index (Phi) is 5.83. The fraction of sp³-hybridized carbons (Fsp3) is 0.346. The highest BCUT2D eigenvalue weighted by Crippen LogP contribution is 2.40. The van der Waals surface area contributed by atoms with E-state index in [2.05, 4.69) is 36.1 Å². The van der Waals surface area contributed by atoms with Crippen LogP contribution < -0.4 is 4.90 Å². The topological polar surface area (TPSA) is 68.7 Å². The number of carbonyl (C=O) groups is 2. The molecule has 0 aromatic heterocycles. The quantitative estimate of drug-likeness (QED) is 0.594. The maximum Gasteiger partial charge on any atom is 0.328 e. The first-order valence-electron chi connectivity index (χ1n) is 11.7. The van der Waals surface area contributed by atoms with Gasteiger partial charge in [-0.05, 0) is 31.0 Å². The number of anilines is 1. The Morgan fingerprint density at radius 3 is 2.41 bits per heavy atom. The standard InChI is InChI=1S/C26H29N5O3/c1-4-18-11-13-20(14-12-18)31-21(19-9-7-6-8-10-19)17-30-22-23(27-25(30)31)28(3)26(33)29(24(22)32)15-16-34-5-2/h6-14,17,22-23H,4-5,15-16H2,1-3H3. The average Bonchev–Trinajstić information content (AvgIpc) is 3.42. The molecule has 8 nitrogen and oxygen atoms in total. The molecule has 0 N–H and O–H groups in total. The van der Waals surface area contributed by atoms with Crippen LogP contribution in [0.15, 0.2) is 65.8 Å². The molecule has 2 unspecified atom stereocenters. The second-order valence-corrected chi connectivity index (χ2v) is 8.51. The normalized spacial score (nSPS) is 21.6. The molecule has 0 spiro atoms. The van der Waals surface area contributed by atoms with Gasteiger partial charge >= 0.3 is 6.03 Å². The van der Waals surface area contributed by atoms with Crippen molar-refractivity contribution in [2.45, 2.75) is 32.5 Å². The summed E-state index contributed by atoms with van der Waals surface area (Å²) >= 11 is 0.